The largest absolute Gasteiger partial charge is 0.394 e. The lowest BCUT2D eigenvalue weighted by Crippen LogP contribution is -2.14. The molecule has 0 aliphatic carbocycles. The summed E-state index contributed by atoms with van der Waals surface area (Å²) >= 11 is 7.29. The minimum atomic E-state index is -0.654. The van der Waals surface area contributed by atoms with Crippen molar-refractivity contribution >= 4 is 23.4 Å². The zero-order valence-electron chi connectivity index (χ0n) is 7.56. The number of hydrogen-bond acceptors (Lipinski definition) is 4. The van der Waals surface area contributed by atoms with Crippen molar-refractivity contribution < 1.29 is 10.2 Å². The molecule has 14 heavy (non-hydrogen) atoms. The first-order valence-corrected chi connectivity index (χ1v) is 5.72. The zero-order chi connectivity index (χ0) is 10.4. The summed E-state index contributed by atoms with van der Waals surface area (Å²) in [5.74, 6) is 1.20. The number of nitrogens with zero attached hydrogens (tertiary/aromatic N) is 1. The summed E-state index contributed by atoms with van der Waals surface area (Å²) in [7, 11) is 0. The summed E-state index contributed by atoms with van der Waals surface area (Å²) < 4.78 is 0. The average molecular weight is 234 g/mol. The molecule has 0 amide bonds. The Hall–Kier alpha value is -0.290. The van der Waals surface area contributed by atoms with Gasteiger partial charge in [-0.3, -0.25) is 4.98 Å². The lowest BCUT2D eigenvalue weighted by atomic mass is 10.4. The van der Waals surface area contributed by atoms with Crippen molar-refractivity contribution in [3.63, 3.8) is 0 Å². The van der Waals surface area contributed by atoms with Crippen LogP contribution in [0.4, 0.5) is 0 Å². The topological polar surface area (TPSA) is 53.4 Å². The molecule has 0 fully saturated rings. The van der Waals surface area contributed by atoms with Gasteiger partial charge in [0.2, 0.25) is 0 Å². The molecule has 1 atom stereocenters. The molecule has 0 saturated carbocycles. The number of aliphatic hydroxyl groups excluding tert-OH is 2. The van der Waals surface area contributed by atoms with Gasteiger partial charge in [0.05, 0.1) is 18.4 Å². The van der Waals surface area contributed by atoms with Crippen LogP contribution in [-0.2, 0) is 5.75 Å². The van der Waals surface area contributed by atoms with Crippen LogP contribution in [0.2, 0.25) is 5.02 Å². The van der Waals surface area contributed by atoms with E-state index in [1.165, 1.54) is 11.8 Å². The van der Waals surface area contributed by atoms with Gasteiger partial charge in [-0.05, 0) is 12.1 Å². The highest BCUT2D eigenvalue weighted by Gasteiger charge is 2.02. The van der Waals surface area contributed by atoms with E-state index in [1.807, 2.05) is 0 Å². The number of halogens is 1. The molecule has 1 unspecified atom stereocenters. The lowest BCUT2D eigenvalue weighted by Gasteiger charge is -2.05. The van der Waals surface area contributed by atoms with Crippen LogP contribution in [0.5, 0.6) is 0 Å². The van der Waals surface area contributed by atoms with Gasteiger partial charge in [0.25, 0.3) is 0 Å². The van der Waals surface area contributed by atoms with E-state index in [1.54, 1.807) is 18.3 Å². The van der Waals surface area contributed by atoms with E-state index in [-0.39, 0.29) is 6.61 Å². The van der Waals surface area contributed by atoms with Crippen LogP contribution in [0, 0.1) is 0 Å². The van der Waals surface area contributed by atoms with Gasteiger partial charge < -0.3 is 10.2 Å². The van der Waals surface area contributed by atoms with Crippen LogP contribution in [-0.4, -0.2) is 33.7 Å². The summed E-state index contributed by atoms with van der Waals surface area (Å²) in [6.07, 6.45) is 1.000. The van der Waals surface area contributed by atoms with Crippen LogP contribution >= 0.6 is 23.4 Å². The van der Waals surface area contributed by atoms with Crippen LogP contribution in [0.15, 0.2) is 18.3 Å². The summed E-state index contributed by atoms with van der Waals surface area (Å²) in [4.78, 5) is 4.11. The molecule has 0 aromatic carbocycles. The van der Waals surface area contributed by atoms with Crippen LogP contribution in [0.25, 0.3) is 0 Å². The van der Waals surface area contributed by atoms with E-state index >= 15 is 0 Å². The van der Waals surface area contributed by atoms with Gasteiger partial charge >= 0.3 is 0 Å². The number of pyridine rings is 1. The smallest absolute Gasteiger partial charge is 0.0861 e. The maximum Gasteiger partial charge on any atom is 0.0861 e. The fraction of sp³-hybridized carbons (Fsp3) is 0.444. The van der Waals surface area contributed by atoms with Gasteiger partial charge in [-0.2, -0.15) is 11.8 Å². The molecule has 0 spiro atoms. The Morgan fingerprint density at radius 2 is 2.36 bits per heavy atom. The quantitative estimate of drug-likeness (QED) is 0.806. The number of hydrogen-bond donors (Lipinski definition) is 2. The summed E-state index contributed by atoms with van der Waals surface area (Å²) in [6.45, 7) is -0.198. The van der Waals surface area contributed by atoms with E-state index in [0.29, 0.717) is 16.5 Å². The van der Waals surface area contributed by atoms with Crippen molar-refractivity contribution in [2.75, 3.05) is 12.4 Å². The van der Waals surface area contributed by atoms with E-state index < -0.39 is 6.10 Å². The molecule has 0 aliphatic rings. The third-order valence-electron chi connectivity index (χ3n) is 1.55. The van der Waals surface area contributed by atoms with E-state index in [9.17, 15) is 0 Å². The fourth-order valence-electron chi connectivity index (χ4n) is 0.880. The highest BCUT2D eigenvalue weighted by Crippen LogP contribution is 2.14. The zero-order valence-corrected chi connectivity index (χ0v) is 9.13. The van der Waals surface area contributed by atoms with Gasteiger partial charge in [-0.1, -0.05) is 11.6 Å². The second-order valence-corrected chi connectivity index (χ2v) is 4.28. The fourth-order valence-corrected chi connectivity index (χ4v) is 1.92. The summed E-state index contributed by atoms with van der Waals surface area (Å²) in [6, 6.07) is 3.51. The lowest BCUT2D eigenvalue weighted by molar-refractivity contribution is 0.113. The Labute approximate surface area is 92.1 Å². The molecule has 0 bridgehead atoms. The normalized spacial score (nSPS) is 12.8. The predicted octanol–water partition coefficient (Wildman–Crippen LogP) is 1.32. The molecule has 78 valence electrons. The Morgan fingerprint density at radius 3 is 3.00 bits per heavy atom. The van der Waals surface area contributed by atoms with Gasteiger partial charge in [-0.25, -0.2) is 0 Å². The summed E-state index contributed by atoms with van der Waals surface area (Å²) in [5.41, 5.74) is 0.882. The monoisotopic (exact) mass is 233 g/mol. The van der Waals surface area contributed by atoms with Crippen molar-refractivity contribution in [1.29, 1.82) is 0 Å². The molecule has 1 rings (SSSR count). The van der Waals surface area contributed by atoms with Crippen molar-refractivity contribution in [2.24, 2.45) is 0 Å². The molecule has 1 heterocycles. The van der Waals surface area contributed by atoms with Gasteiger partial charge in [-0.15, -0.1) is 0 Å². The van der Waals surface area contributed by atoms with Crippen molar-refractivity contribution in [3.05, 3.63) is 29.0 Å². The number of thioether (sulfide) groups is 1. The Morgan fingerprint density at radius 1 is 1.57 bits per heavy atom. The van der Waals surface area contributed by atoms with E-state index in [2.05, 4.69) is 4.98 Å². The van der Waals surface area contributed by atoms with Gasteiger partial charge in [0.15, 0.2) is 0 Å². The first-order valence-electron chi connectivity index (χ1n) is 4.19. The van der Waals surface area contributed by atoms with Gasteiger partial charge in [0.1, 0.15) is 0 Å². The Bertz CT molecular complexity index is 285. The SMILES string of the molecule is OCC(O)CSCc1cc(Cl)ccn1. The molecule has 1 aromatic rings. The molecule has 3 nitrogen and oxygen atoms in total. The standard InChI is InChI=1S/C9H12ClNO2S/c10-7-1-2-11-8(3-7)5-14-6-9(13)4-12/h1-3,9,12-13H,4-6H2. The second-order valence-electron chi connectivity index (χ2n) is 2.82. The first kappa shape index (κ1) is 11.8. The third kappa shape index (κ3) is 4.28. The van der Waals surface area contributed by atoms with Crippen LogP contribution in [0.3, 0.4) is 0 Å². The van der Waals surface area contributed by atoms with Crippen LogP contribution < -0.4 is 0 Å². The maximum atomic E-state index is 9.07. The van der Waals surface area contributed by atoms with Crippen molar-refractivity contribution in [3.8, 4) is 0 Å². The molecule has 0 radical (unpaired) electrons. The number of aliphatic hydroxyl groups is 2. The maximum absolute atomic E-state index is 9.07. The Balaban J connectivity index is 2.31. The average Bonchev–Trinajstić information content (AvgIpc) is 2.17. The molecule has 5 heteroatoms. The van der Waals surface area contributed by atoms with Crippen LogP contribution in [0.1, 0.15) is 5.69 Å². The predicted molar refractivity (Wildman–Crippen MR) is 58.5 cm³/mol. The van der Waals surface area contributed by atoms with Crippen molar-refractivity contribution in [2.45, 2.75) is 11.9 Å². The highest BCUT2D eigenvalue weighted by atomic mass is 35.5. The molecule has 1 aromatic heterocycles. The van der Waals surface area contributed by atoms with Gasteiger partial charge in [0, 0.05) is 22.7 Å². The Kier molecular flexibility index (Phi) is 5.25. The minimum Gasteiger partial charge on any atom is -0.394 e. The molecule has 0 aliphatic heterocycles. The minimum absolute atomic E-state index is 0.198. The summed E-state index contributed by atoms with van der Waals surface area (Å²) in [5, 5.41) is 18.3. The second kappa shape index (κ2) is 6.24. The highest BCUT2D eigenvalue weighted by molar-refractivity contribution is 7.98. The first-order chi connectivity index (χ1) is 6.72. The molecular formula is C9H12ClNO2S. The van der Waals surface area contributed by atoms with E-state index in [4.69, 9.17) is 21.8 Å². The number of aromatic nitrogens is 1. The number of rotatable bonds is 5. The molecule has 0 saturated heterocycles. The van der Waals surface area contributed by atoms with Crippen molar-refractivity contribution in [1.82, 2.24) is 4.98 Å². The van der Waals surface area contributed by atoms with E-state index in [0.717, 1.165) is 5.69 Å². The molecule has 2 N–H and O–H groups in total. The molecular weight excluding hydrogens is 222 g/mol. The third-order valence-corrected chi connectivity index (χ3v) is 2.91.